The number of amides is 1. The van der Waals surface area contributed by atoms with E-state index < -0.39 is 17.5 Å². The van der Waals surface area contributed by atoms with E-state index in [4.69, 9.17) is 14.7 Å². The number of aryl methyl sites for hydroxylation is 1. The summed E-state index contributed by atoms with van der Waals surface area (Å²) in [5.74, 6) is -0.0812. The summed E-state index contributed by atoms with van der Waals surface area (Å²) in [6.45, 7) is 8.45. The summed E-state index contributed by atoms with van der Waals surface area (Å²) in [6, 6.07) is 11.5. The maximum atomic E-state index is 15.7. The number of hydrogen-bond donors (Lipinski definition) is 1. The number of hydrogen-bond acceptors (Lipinski definition) is 9. The number of carbonyl (C=O) groups is 1. The highest BCUT2D eigenvalue weighted by Crippen LogP contribution is 2.44. The van der Waals surface area contributed by atoms with Crippen LogP contribution in [0, 0.1) is 24.1 Å². The maximum Gasteiger partial charge on any atom is 0.407 e. The molecule has 0 unspecified atom stereocenters. The van der Waals surface area contributed by atoms with Crippen LogP contribution in [0.5, 0.6) is 0 Å². The predicted molar refractivity (Wildman–Crippen MR) is 162 cm³/mol. The van der Waals surface area contributed by atoms with Crippen LogP contribution in [-0.4, -0.2) is 52.8 Å². The number of ether oxygens (including phenoxy) is 1. The Morgan fingerprint density at radius 3 is 2.62 bits per heavy atom. The minimum Gasteiger partial charge on any atom is -0.444 e. The quantitative estimate of drug-likeness (QED) is 0.276. The average Bonchev–Trinajstić information content (AvgIpc) is 3.67. The molecule has 1 aliphatic heterocycles. The third-order valence-corrected chi connectivity index (χ3v) is 8.40. The molecule has 6 rings (SSSR count). The number of halogens is 1. The lowest BCUT2D eigenvalue weighted by atomic mass is 10.0. The molecule has 9 nitrogen and oxygen atoms in total. The number of benzene rings is 1. The van der Waals surface area contributed by atoms with Crippen LogP contribution in [0.1, 0.15) is 55.8 Å². The summed E-state index contributed by atoms with van der Waals surface area (Å²) in [5.41, 5.74) is 4.32. The van der Waals surface area contributed by atoms with Crippen molar-refractivity contribution < 1.29 is 13.9 Å². The lowest BCUT2D eigenvalue weighted by Crippen LogP contribution is -2.60. The smallest absolute Gasteiger partial charge is 0.407 e. The number of pyridine rings is 2. The molecule has 11 heteroatoms. The van der Waals surface area contributed by atoms with E-state index in [2.05, 4.69) is 16.4 Å². The highest BCUT2D eigenvalue weighted by Gasteiger charge is 2.32. The molecule has 1 amide bonds. The number of nitriles is 1. The predicted octanol–water partition coefficient (Wildman–Crippen LogP) is 6.43. The number of carbonyl (C=O) groups excluding carboxylic acids is 1. The van der Waals surface area contributed by atoms with Gasteiger partial charge in [-0.3, -0.25) is 4.98 Å². The molecule has 3 aromatic heterocycles. The molecule has 4 aromatic rings. The van der Waals surface area contributed by atoms with Gasteiger partial charge in [-0.15, -0.1) is 0 Å². The van der Waals surface area contributed by atoms with E-state index >= 15 is 4.39 Å². The van der Waals surface area contributed by atoms with Crippen molar-refractivity contribution in [2.24, 2.45) is 0 Å². The molecule has 42 heavy (non-hydrogen) atoms. The van der Waals surface area contributed by atoms with Crippen molar-refractivity contribution in [3.8, 4) is 17.3 Å². The van der Waals surface area contributed by atoms with E-state index in [9.17, 15) is 10.1 Å². The standard InChI is InChI=1S/C31H32FN7O2S/c1-17-6-7-19(14-34-17)27-26(13-33)42-29(37-27)38(5)25-12-24(18-8-9-18)36-28-22(25)10-21(11-23(28)32)39-15-20(16-39)35-30(40)41-31(2,3)4/h6-7,10-12,14,18,20H,8-9,15-16H2,1-5H3,(H,35,40). The van der Waals surface area contributed by atoms with Crippen molar-refractivity contribution in [1.29, 1.82) is 5.26 Å². The van der Waals surface area contributed by atoms with Gasteiger partial charge in [-0.2, -0.15) is 5.26 Å². The first-order valence-electron chi connectivity index (χ1n) is 14.0. The zero-order valence-electron chi connectivity index (χ0n) is 24.2. The summed E-state index contributed by atoms with van der Waals surface area (Å²) >= 11 is 1.29. The van der Waals surface area contributed by atoms with E-state index in [-0.39, 0.29) is 6.04 Å². The average molecular weight is 586 g/mol. The summed E-state index contributed by atoms with van der Waals surface area (Å²) in [5, 5.41) is 14.0. The van der Waals surface area contributed by atoms with Gasteiger partial charge in [0.25, 0.3) is 0 Å². The Morgan fingerprint density at radius 1 is 1.21 bits per heavy atom. The highest BCUT2D eigenvalue weighted by molar-refractivity contribution is 7.16. The van der Waals surface area contributed by atoms with Crippen LogP contribution in [0.25, 0.3) is 22.2 Å². The molecule has 1 aromatic carbocycles. The number of thiazole rings is 1. The first-order valence-corrected chi connectivity index (χ1v) is 14.8. The molecule has 2 aliphatic rings. The molecule has 0 atom stereocenters. The van der Waals surface area contributed by atoms with Crippen LogP contribution in [-0.2, 0) is 4.74 Å². The summed E-state index contributed by atoms with van der Waals surface area (Å²) in [7, 11) is 1.89. The normalized spacial score (nSPS) is 15.3. The molecule has 2 fully saturated rings. The van der Waals surface area contributed by atoms with Gasteiger partial charge in [0.2, 0.25) is 0 Å². The van der Waals surface area contributed by atoms with Gasteiger partial charge >= 0.3 is 6.09 Å². The van der Waals surface area contributed by atoms with Crippen LogP contribution in [0.3, 0.4) is 0 Å². The second-order valence-corrected chi connectivity index (χ2v) is 12.9. The first kappa shape index (κ1) is 27.8. The molecule has 0 bridgehead atoms. The largest absolute Gasteiger partial charge is 0.444 e. The van der Waals surface area contributed by atoms with Gasteiger partial charge in [0.15, 0.2) is 10.9 Å². The number of aromatic nitrogens is 3. The van der Waals surface area contributed by atoms with Crippen molar-refractivity contribution in [3.05, 3.63) is 58.6 Å². The molecular weight excluding hydrogens is 553 g/mol. The first-order chi connectivity index (χ1) is 20.0. The number of fused-ring (bicyclic) bond motifs is 1. The van der Waals surface area contributed by atoms with Gasteiger partial charge in [-0.25, -0.2) is 19.2 Å². The number of nitrogens with zero attached hydrogens (tertiary/aromatic N) is 6. The summed E-state index contributed by atoms with van der Waals surface area (Å²) in [4.78, 5) is 30.5. The van der Waals surface area contributed by atoms with Crippen LogP contribution >= 0.6 is 11.3 Å². The van der Waals surface area contributed by atoms with E-state index in [1.165, 1.54) is 17.4 Å². The number of rotatable bonds is 6. The fourth-order valence-electron chi connectivity index (χ4n) is 5.01. The Hall–Kier alpha value is -4.30. The Balaban J connectivity index is 1.33. The SMILES string of the molecule is Cc1ccc(-c2nc(N(C)c3cc(C4CC4)nc4c(F)cc(N5CC(NC(=O)OC(C)(C)C)C5)cc34)sc2C#N)cn1. The van der Waals surface area contributed by atoms with E-state index in [0.29, 0.717) is 51.3 Å². The summed E-state index contributed by atoms with van der Waals surface area (Å²) < 4.78 is 21.0. The minimum absolute atomic E-state index is 0.0921. The van der Waals surface area contributed by atoms with Gasteiger partial charge < -0.3 is 19.9 Å². The zero-order valence-corrected chi connectivity index (χ0v) is 25.0. The zero-order chi connectivity index (χ0) is 29.8. The fourth-order valence-corrected chi connectivity index (χ4v) is 5.87. The van der Waals surface area contributed by atoms with E-state index in [1.807, 2.05) is 68.8 Å². The molecule has 1 N–H and O–H groups in total. The van der Waals surface area contributed by atoms with Crippen molar-refractivity contribution in [1.82, 2.24) is 20.3 Å². The molecule has 0 radical (unpaired) electrons. The van der Waals surface area contributed by atoms with Crippen LogP contribution < -0.4 is 15.1 Å². The van der Waals surface area contributed by atoms with E-state index in [0.717, 1.165) is 35.5 Å². The second-order valence-electron chi connectivity index (χ2n) is 11.9. The highest BCUT2D eigenvalue weighted by atomic mass is 32.1. The lowest BCUT2D eigenvalue weighted by Gasteiger charge is -2.41. The van der Waals surface area contributed by atoms with E-state index in [1.54, 1.807) is 6.20 Å². The number of alkyl carbamates (subject to hydrolysis) is 1. The number of nitrogens with one attached hydrogen (secondary N) is 1. The van der Waals surface area contributed by atoms with Gasteiger partial charge in [0.1, 0.15) is 27.8 Å². The Morgan fingerprint density at radius 2 is 1.98 bits per heavy atom. The molecule has 1 saturated heterocycles. The molecule has 1 saturated carbocycles. The molecule has 216 valence electrons. The Labute approximate surface area is 248 Å². The van der Waals surface area contributed by atoms with Crippen molar-refractivity contribution in [2.75, 3.05) is 29.9 Å². The third-order valence-electron chi connectivity index (χ3n) is 7.36. The maximum absolute atomic E-state index is 15.7. The topological polar surface area (TPSA) is 107 Å². The Kier molecular flexibility index (Phi) is 6.97. The van der Waals surface area contributed by atoms with Crippen molar-refractivity contribution in [2.45, 2.75) is 58.1 Å². The lowest BCUT2D eigenvalue weighted by molar-refractivity contribution is 0.0496. The van der Waals surface area contributed by atoms with Gasteiger partial charge in [0.05, 0.1) is 11.7 Å². The van der Waals surface area contributed by atoms with Crippen LogP contribution in [0.4, 0.5) is 25.7 Å². The minimum atomic E-state index is -0.576. The van der Waals surface area contributed by atoms with Crippen molar-refractivity contribution in [3.63, 3.8) is 0 Å². The fraction of sp³-hybridized carbons (Fsp3) is 0.387. The molecule has 4 heterocycles. The monoisotopic (exact) mass is 585 g/mol. The van der Waals surface area contributed by atoms with Crippen molar-refractivity contribution >= 4 is 44.8 Å². The molecule has 1 aliphatic carbocycles. The van der Waals surface area contributed by atoms with Gasteiger partial charge in [0, 0.05) is 60.3 Å². The molecular formula is C31H32FN7O2S. The third kappa shape index (κ3) is 5.59. The van der Waals surface area contributed by atoms with Crippen LogP contribution in [0.2, 0.25) is 0 Å². The van der Waals surface area contributed by atoms with Gasteiger partial charge in [-0.1, -0.05) is 11.3 Å². The molecule has 0 spiro atoms. The summed E-state index contributed by atoms with van der Waals surface area (Å²) in [6.07, 6.45) is 3.32. The van der Waals surface area contributed by atoms with Gasteiger partial charge in [-0.05, 0) is 70.9 Å². The Bertz CT molecular complexity index is 1710. The number of anilines is 3. The second kappa shape index (κ2) is 10.5. The van der Waals surface area contributed by atoms with Crippen LogP contribution in [0.15, 0.2) is 36.5 Å².